The molecular formula is C16H23N3O2. The van der Waals surface area contributed by atoms with Crippen molar-refractivity contribution in [2.45, 2.75) is 32.2 Å². The molecule has 2 amide bonds. The molecule has 0 saturated heterocycles. The molecule has 2 rings (SSSR count). The molecule has 0 aliphatic heterocycles. The Labute approximate surface area is 125 Å². The van der Waals surface area contributed by atoms with Crippen molar-refractivity contribution >= 4 is 11.8 Å². The lowest BCUT2D eigenvalue weighted by Crippen LogP contribution is -2.47. The number of benzene rings is 1. The largest absolute Gasteiger partial charge is 0.354 e. The Morgan fingerprint density at radius 2 is 2.00 bits per heavy atom. The zero-order chi connectivity index (χ0) is 15.4. The van der Waals surface area contributed by atoms with Crippen molar-refractivity contribution in [2.75, 3.05) is 13.1 Å². The van der Waals surface area contributed by atoms with Crippen LogP contribution in [0.15, 0.2) is 24.3 Å². The van der Waals surface area contributed by atoms with Crippen LogP contribution in [-0.2, 0) is 16.0 Å². The molecule has 21 heavy (non-hydrogen) atoms. The van der Waals surface area contributed by atoms with Crippen molar-refractivity contribution in [3.63, 3.8) is 0 Å². The van der Waals surface area contributed by atoms with Gasteiger partial charge in [-0.15, -0.1) is 0 Å². The molecule has 0 spiro atoms. The van der Waals surface area contributed by atoms with E-state index in [2.05, 4.69) is 22.8 Å². The summed E-state index contributed by atoms with van der Waals surface area (Å²) in [6.07, 6.45) is 1.00. The summed E-state index contributed by atoms with van der Waals surface area (Å²) < 4.78 is 0. The van der Waals surface area contributed by atoms with E-state index < -0.39 is 6.04 Å². The summed E-state index contributed by atoms with van der Waals surface area (Å²) in [4.78, 5) is 23.4. The normalized spacial score (nSPS) is 17.6. The number of nitrogens with one attached hydrogen (secondary N) is 2. The molecule has 0 aromatic heterocycles. The number of hydrogen-bond acceptors (Lipinski definition) is 3. The molecule has 2 atom stereocenters. The first kappa shape index (κ1) is 15.5. The minimum atomic E-state index is -0.573. The molecule has 0 saturated carbocycles. The molecule has 1 aliphatic carbocycles. The van der Waals surface area contributed by atoms with Gasteiger partial charge in [0.05, 0.1) is 12.6 Å². The highest BCUT2D eigenvalue weighted by Gasteiger charge is 2.25. The van der Waals surface area contributed by atoms with Crippen molar-refractivity contribution in [1.82, 2.24) is 10.6 Å². The van der Waals surface area contributed by atoms with Gasteiger partial charge in [-0.05, 0) is 23.5 Å². The standard InChI is InChI=1S/C16H23N3O2/c1-10(2)15(17)16(21)19-9-14(20)18-8-12-7-11-5-3-4-6-13(11)12/h3-6,10,12,15H,7-9,17H2,1-2H3,(H,18,20)(H,19,21)/t12?,15-/m0/s1. The maximum absolute atomic E-state index is 11.7. The predicted octanol–water partition coefficient (Wildman–Crippen LogP) is 0.542. The van der Waals surface area contributed by atoms with Gasteiger partial charge in [0.15, 0.2) is 0 Å². The number of carbonyl (C=O) groups is 2. The van der Waals surface area contributed by atoms with E-state index in [1.54, 1.807) is 0 Å². The van der Waals surface area contributed by atoms with E-state index in [1.165, 1.54) is 11.1 Å². The fraction of sp³-hybridized carbons (Fsp3) is 0.500. The van der Waals surface area contributed by atoms with Crippen LogP contribution in [0.25, 0.3) is 0 Å². The van der Waals surface area contributed by atoms with Gasteiger partial charge in [0.2, 0.25) is 11.8 Å². The summed E-state index contributed by atoms with van der Waals surface area (Å²) in [5, 5.41) is 5.42. The van der Waals surface area contributed by atoms with Crippen LogP contribution >= 0.6 is 0 Å². The number of fused-ring (bicyclic) bond motifs is 1. The van der Waals surface area contributed by atoms with Gasteiger partial charge in [-0.2, -0.15) is 0 Å². The second-order valence-corrected chi connectivity index (χ2v) is 5.89. The maximum atomic E-state index is 11.7. The summed E-state index contributed by atoms with van der Waals surface area (Å²) >= 11 is 0. The molecule has 1 aromatic carbocycles. The first-order valence-corrected chi connectivity index (χ1v) is 7.37. The maximum Gasteiger partial charge on any atom is 0.239 e. The molecule has 0 radical (unpaired) electrons. The first-order chi connectivity index (χ1) is 9.99. The van der Waals surface area contributed by atoms with Crippen molar-refractivity contribution in [3.8, 4) is 0 Å². The van der Waals surface area contributed by atoms with Crippen molar-refractivity contribution in [3.05, 3.63) is 35.4 Å². The molecule has 1 aromatic rings. The Balaban J connectivity index is 1.69. The predicted molar refractivity (Wildman–Crippen MR) is 81.7 cm³/mol. The zero-order valence-electron chi connectivity index (χ0n) is 12.6. The lowest BCUT2D eigenvalue weighted by molar-refractivity contribution is -0.127. The average Bonchev–Trinajstić information content (AvgIpc) is 2.44. The Kier molecular flexibility index (Phi) is 4.96. The van der Waals surface area contributed by atoms with Gasteiger partial charge in [0, 0.05) is 12.5 Å². The Morgan fingerprint density at radius 1 is 1.29 bits per heavy atom. The zero-order valence-corrected chi connectivity index (χ0v) is 12.6. The van der Waals surface area contributed by atoms with Crippen LogP contribution < -0.4 is 16.4 Å². The molecule has 5 nitrogen and oxygen atoms in total. The molecule has 1 unspecified atom stereocenters. The first-order valence-electron chi connectivity index (χ1n) is 7.37. The fourth-order valence-corrected chi connectivity index (χ4v) is 2.43. The summed E-state index contributed by atoms with van der Waals surface area (Å²) in [6.45, 7) is 4.34. The van der Waals surface area contributed by atoms with Crippen LogP contribution in [0.4, 0.5) is 0 Å². The fourth-order valence-electron chi connectivity index (χ4n) is 2.43. The van der Waals surface area contributed by atoms with Crippen LogP contribution in [-0.4, -0.2) is 30.9 Å². The number of carbonyl (C=O) groups excluding carboxylic acids is 2. The van der Waals surface area contributed by atoms with Crippen LogP contribution in [0.2, 0.25) is 0 Å². The lowest BCUT2D eigenvalue weighted by atomic mass is 9.77. The van der Waals surface area contributed by atoms with Crippen molar-refractivity contribution in [2.24, 2.45) is 11.7 Å². The third kappa shape index (κ3) is 3.82. The van der Waals surface area contributed by atoms with Gasteiger partial charge < -0.3 is 16.4 Å². The number of rotatable bonds is 6. The monoisotopic (exact) mass is 289 g/mol. The molecule has 0 heterocycles. The van der Waals surface area contributed by atoms with E-state index in [0.717, 1.165) is 6.42 Å². The van der Waals surface area contributed by atoms with Gasteiger partial charge in [-0.1, -0.05) is 38.1 Å². The third-order valence-electron chi connectivity index (χ3n) is 3.95. The van der Waals surface area contributed by atoms with Gasteiger partial charge in [-0.25, -0.2) is 0 Å². The molecular weight excluding hydrogens is 266 g/mol. The number of amides is 2. The molecule has 1 aliphatic rings. The van der Waals surface area contributed by atoms with Crippen LogP contribution in [0, 0.1) is 5.92 Å². The van der Waals surface area contributed by atoms with E-state index in [0.29, 0.717) is 12.5 Å². The molecule has 114 valence electrons. The van der Waals surface area contributed by atoms with Gasteiger partial charge >= 0.3 is 0 Å². The molecule has 5 heteroatoms. The lowest BCUT2D eigenvalue weighted by Gasteiger charge is -2.30. The van der Waals surface area contributed by atoms with E-state index in [1.807, 2.05) is 26.0 Å². The number of nitrogens with two attached hydrogens (primary N) is 1. The van der Waals surface area contributed by atoms with E-state index >= 15 is 0 Å². The molecule has 0 bridgehead atoms. The Bertz CT molecular complexity index is 528. The average molecular weight is 289 g/mol. The second kappa shape index (κ2) is 6.72. The Morgan fingerprint density at radius 3 is 2.67 bits per heavy atom. The van der Waals surface area contributed by atoms with Crippen molar-refractivity contribution < 1.29 is 9.59 Å². The van der Waals surface area contributed by atoms with E-state index in [4.69, 9.17) is 5.73 Å². The number of hydrogen-bond donors (Lipinski definition) is 3. The minimum Gasteiger partial charge on any atom is -0.354 e. The second-order valence-electron chi connectivity index (χ2n) is 5.89. The molecule has 4 N–H and O–H groups in total. The third-order valence-corrected chi connectivity index (χ3v) is 3.95. The minimum absolute atomic E-state index is 0.0202. The SMILES string of the molecule is CC(C)[C@H](N)C(=O)NCC(=O)NCC1Cc2ccccc21. The van der Waals surface area contributed by atoms with Gasteiger partial charge in [-0.3, -0.25) is 9.59 Å². The highest BCUT2D eigenvalue weighted by Crippen LogP contribution is 2.33. The van der Waals surface area contributed by atoms with Gasteiger partial charge in [0.25, 0.3) is 0 Å². The quantitative estimate of drug-likeness (QED) is 0.715. The van der Waals surface area contributed by atoms with Crippen LogP contribution in [0.3, 0.4) is 0 Å². The van der Waals surface area contributed by atoms with Crippen LogP contribution in [0.5, 0.6) is 0 Å². The van der Waals surface area contributed by atoms with Crippen molar-refractivity contribution in [1.29, 1.82) is 0 Å². The van der Waals surface area contributed by atoms with Gasteiger partial charge in [0.1, 0.15) is 0 Å². The highest BCUT2D eigenvalue weighted by molar-refractivity contribution is 5.87. The highest BCUT2D eigenvalue weighted by atomic mass is 16.2. The summed E-state index contributed by atoms with van der Waals surface area (Å²) in [7, 11) is 0. The summed E-state index contributed by atoms with van der Waals surface area (Å²) in [6, 6.07) is 7.68. The summed E-state index contributed by atoms with van der Waals surface area (Å²) in [5.41, 5.74) is 8.37. The van der Waals surface area contributed by atoms with E-state index in [9.17, 15) is 9.59 Å². The smallest absolute Gasteiger partial charge is 0.239 e. The van der Waals surface area contributed by atoms with Crippen LogP contribution in [0.1, 0.15) is 30.9 Å². The van der Waals surface area contributed by atoms with E-state index in [-0.39, 0.29) is 24.3 Å². The molecule has 0 fully saturated rings. The topological polar surface area (TPSA) is 84.2 Å². The Hall–Kier alpha value is -1.88. The summed E-state index contributed by atoms with van der Waals surface area (Å²) in [5.74, 6) is -0.0175.